The molecule has 1 aliphatic heterocycles. The molecule has 4 heteroatoms. The molecule has 0 aliphatic carbocycles. The average Bonchev–Trinajstić information content (AvgIpc) is 2.78. The lowest BCUT2D eigenvalue weighted by molar-refractivity contribution is -0.107. The number of aldehydes is 1. The smallest absolute Gasteiger partial charge is 0.147 e. The number of hydrogen-bond donors (Lipinski definition) is 0. The van der Waals surface area contributed by atoms with Gasteiger partial charge in [-0.15, -0.1) is 0 Å². The fraction of sp³-hybridized carbons (Fsp3) is 0.0800. The number of aryl methyl sites for hydroxylation is 1. The largest absolute Gasteiger partial charge is 0.333 e. The monoisotopic (exact) mass is 377 g/mol. The van der Waals surface area contributed by atoms with Crippen LogP contribution >= 0.6 is 0 Å². The molecule has 2 heterocycles. The van der Waals surface area contributed by atoms with Crippen molar-refractivity contribution in [3.63, 3.8) is 0 Å². The van der Waals surface area contributed by atoms with Crippen molar-refractivity contribution in [1.82, 2.24) is 4.98 Å². The summed E-state index contributed by atoms with van der Waals surface area (Å²) in [6, 6.07) is 22.8. The number of carbonyl (C=O) groups excluding carboxylic acids is 1. The molecule has 0 radical (unpaired) electrons. The normalized spacial score (nSPS) is 15.9. The number of para-hydroxylation sites is 1. The fourth-order valence-electron chi connectivity index (χ4n) is 3.55. The molecule has 1 unspecified atom stereocenters. The maximum Gasteiger partial charge on any atom is 0.147 e. The zero-order valence-electron chi connectivity index (χ0n) is 16.0. The predicted molar refractivity (Wildman–Crippen MR) is 115 cm³/mol. The Hall–Kier alpha value is -3.97. The van der Waals surface area contributed by atoms with Crippen LogP contribution in [0.5, 0.6) is 0 Å². The predicted octanol–water partition coefficient (Wildman–Crippen LogP) is 4.77. The maximum absolute atomic E-state index is 12.2. The summed E-state index contributed by atoms with van der Waals surface area (Å²) >= 11 is 0. The highest BCUT2D eigenvalue weighted by Gasteiger charge is 2.28. The van der Waals surface area contributed by atoms with Crippen molar-refractivity contribution in [2.45, 2.75) is 13.0 Å². The first-order valence-corrected chi connectivity index (χ1v) is 9.36. The van der Waals surface area contributed by atoms with Crippen LogP contribution in [0.15, 0.2) is 85.2 Å². The van der Waals surface area contributed by atoms with Crippen LogP contribution in [0.4, 0.5) is 5.69 Å². The van der Waals surface area contributed by atoms with Crippen molar-refractivity contribution in [1.29, 1.82) is 5.26 Å². The van der Waals surface area contributed by atoms with Crippen LogP contribution in [0.3, 0.4) is 0 Å². The lowest BCUT2D eigenvalue weighted by Gasteiger charge is -2.33. The first-order valence-electron chi connectivity index (χ1n) is 9.36. The van der Waals surface area contributed by atoms with E-state index in [1.165, 1.54) is 0 Å². The van der Waals surface area contributed by atoms with Gasteiger partial charge in [-0.2, -0.15) is 5.26 Å². The Bertz CT molecular complexity index is 1160. The van der Waals surface area contributed by atoms with E-state index in [2.05, 4.69) is 11.1 Å². The number of benzene rings is 2. The van der Waals surface area contributed by atoms with E-state index < -0.39 is 6.04 Å². The van der Waals surface area contributed by atoms with Crippen LogP contribution in [-0.2, 0) is 4.79 Å². The Morgan fingerprint density at radius 1 is 1.07 bits per heavy atom. The number of nitrogens with zero attached hydrogens (tertiary/aromatic N) is 3. The van der Waals surface area contributed by atoms with Crippen LogP contribution in [0.2, 0.25) is 0 Å². The van der Waals surface area contributed by atoms with Crippen molar-refractivity contribution >= 4 is 23.1 Å². The summed E-state index contributed by atoms with van der Waals surface area (Å²) in [6.45, 7) is 2.02. The second kappa shape index (κ2) is 7.95. The lowest BCUT2D eigenvalue weighted by atomic mass is 9.89. The Morgan fingerprint density at radius 3 is 2.55 bits per heavy atom. The highest BCUT2D eigenvalue weighted by Crippen LogP contribution is 2.35. The minimum absolute atomic E-state index is 0.539. The zero-order chi connectivity index (χ0) is 20.2. The summed E-state index contributed by atoms with van der Waals surface area (Å²) in [5.74, 6) is 0. The maximum atomic E-state index is 12.2. The Labute approximate surface area is 170 Å². The molecule has 0 fully saturated rings. The lowest BCUT2D eigenvalue weighted by Crippen LogP contribution is -2.35. The van der Waals surface area contributed by atoms with Gasteiger partial charge in [-0.3, -0.25) is 4.98 Å². The van der Waals surface area contributed by atoms with Crippen molar-refractivity contribution in [2.75, 3.05) is 4.90 Å². The minimum atomic E-state index is -0.541. The number of pyridine rings is 1. The van der Waals surface area contributed by atoms with Gasteiger partial charge in [0.25, 0.3) is 0 Å². The molecule has 1 aromatic heterocycles. The Balaban J connectivity index is 1.94. The molecule has 0 bridgehead atoms. The van der Waals surface area contributed by atoms with Crippen molar-refractivity contribution in [2.24, 2.45) is 0 Å². The summed E-state index contributed by atoms with van der Waals surface area (Å²) in [5, 5.41) is 9.60. The fourth-order valence-corrected chi connectivity index (χ4v) is 3.55. The van der Waals surface area contributed by atoms with Crippen LogP contribution in [0.1, 0.15) is 22.4 Å². The standard InChI is InChI=1S/C25H19N3O/c1-18-11-12-27-24(13-18)20-14-23(22-10-6-5-7-19(22)15-26)25(17-29)28(16-20)21-8-3-2-4-9-21/h2-14,16-17,25H,1H3. The SMILES string of the molecule is Cc1ccnc(C2=CN(c3ccccc3)C(C=O)C(c3ccccc3C#N)=C2)c1. The van der Waals surface area contributed by atoms with E-state index in [-0.39, 0.29) is 0 Å². The van der Waals surface area contributed by atoms with Gasteiger partial charge in [0.2, 0.25) is 0 Å². The molecular weight excluding hydrogens is 358 g/mol. The molecule has 29 heavy (non-hydrogen) atoms. The second-order valence-corrected chi connectivity index (χ2v) is 6.88. The highest BCUT2D eigenvalue weighted by atomic mass is 16.1. The molecule has 0 saturated heterocycles. The first kappa shape index (κ1) is 18.4. The van der Waals surface area contributed by atoms with Crippen LogP contribution < -0.4 is 4.90 Å². The first-order chi connectivity index (χ1) is 14.2. The van der Waals surface area contributed by atoms with Crippen molar-refractivity contribution < 1.29 is 4.79 Å². The topological polar surface area (TPSA) is 57.0 Å². The molecule has 4 nitrogen and oxygen atoms in total. The van der Waals surface area contributed by atoms with Gasteiger partial charge >= 0.3 is 0 Å². The van der Waals surface area contributed by atoms with Crippen LogP contribution in [0.25, 0.3) is 11.1 Å². The third kappa shape index (κ3) is 3.59. The number of nitriles is 1. The van der Waals surface area contributed by atoms with E-state index in [9.17, 15) is 10.1 Å². The molecule has 140 valence electrons. The summed E-state index contributed by atoms with van der Waals surface area (Å²) in [7, 11) is 0. The van der Waals surface area contributed by atoms with E-state index in [1.54, 1.807) is 12.3 Å². The van der Waals surface area contributed by atoms with Gasteiger partial charge in [0.05, 0.1) is 17.3 Å². The van der Waals surface area contributed by atoms with Gasteiger partial charge in [-0.1, -0.05) is 36.4 Å². The summed E-state index contributed by atoms with van der Waals surface area (Å²) < 4.78 is 0. The van der Waals surface area contributed by atoms with E-state index >= 15 is 0 Å². The van der Waals surface area contributed by atoms with E-state index in [0.29, 0.717) is 5.56 Å². The highest BCUT2D eigenvalue weighted by molar-refractivity contribution is 5.99. The molecule has 4 rings (SSSR count). The molecule has 3 aromatic rings. The third-order valence-electron chi connectivity index (χ3n) is 4.96. The van der Waals surface area contributed by atoms with E-state index in [4.69, 9.17) is 0 Å². The quantitative estimate of drug-likeness (QED) is 0.614. The van der Waals surface area contributed by atoms with Crippen LogP contribution in [0, 0.1) is 18.3 Å². The third-order valence-corrected chi connectivity index (χ3v) is 4.96. The molecule has 1 atom stereocenters. The molecule has 0 spiro atoms. The number of aromatic nitrogens is 1. The van der Waals surface area contributed by atoms with Gasteiger partial charge in [0.1, 0.15) is 12.3 Å². The second-order valence-electron chi connectivity index (χ2n) is 6.88. The summed E-state index contributed by atoms with van der Waals surface area (Å²) in [5.41, 5.74) is 5.78. The molecule has 0 N–H and O–H groups in total. The van der Waals surface area contributed by atoms with Gasteiger partial charge in [0.15, 0.2) is 0 Å². The van der Waals surface area contributed by atoms with Crippen LogP contribution in [-0.4, -0.2) is 17.3 Å². The number of carbonyl (C=O) groups is 1. The van der Waals surface area contributed by atoms with Gasteiger partial charge in [-0.05, 0) is 60.0 Å². The zero-order valence-corrected chi connectivity index (χ0v) is 16.0. The summed E-state index contributed by atoms with van der Waals surface area (Å²) in [6.07, 6.45) is 6.62. The van der Waals surface area contributed by atoms with Gasteiger partial charge in [0, 0.05) is 23.7 Å². The Morgan fingerprint density at radius 2 is 1.83 bits per heavy atom. The summed E-state index contributed by atoms with van der Waals surface area (Å²) in [4.78, 5) is 18.7. The molecular formula is C25H19N3O. The number of allylic oxidation sites excluding steroid dienone is 2. The number of anilines is 1. The minimum Gasteiger partial charge on any atom is -0.333 e. The number of hydrogen-bond acceptors (Lipinski definition) is 4. The average molecular weight is 377 g/mol. The molecule has 0 amide bonds. The van der Waals surface area contributed by atoms with E-state index in [1.807, 2.05) is 84.8 Å². The Kier molecular flexibility index (Phi) is 5.05. The number of rotatable bonds is 4. The van der Waals surface area contributed by atoms with Crippen molar-refractivity contribution in [3.05, 3.63) is 108 Å². The molecule has 0 saturated carbocycles. The molecule has 1 aliphatic rings. The van der Waals surface area contributed by atoms with Gasteiger partial charge < -0.3 is 9.69 Å². The van der Waals surface area contributed by atoms with Gasteiger partial charge in [-0.25, -0.2) is 0 Å². The molecule has 2 aromatic carbocycles. The van der Waals surface area contributed by atoms with E-state index in [0.717, 1.165) is 39.9 Å². The van der Waals surface area contributed by atoms with Crippen molar-refractivity contribution in [3.8, 4) is 6.07 Å².